The molecular weight excluding hydrogens is 234 g/mol. The van der Waals surface area contributed by atoms with Crippen molar-refractivity contribution in [3.8, 4) is 5.75 Å². The lowest BCUT2D eigenvalue weighted by atomic mass is 9.91. The molecule has 0 aromatic heterocycles. The van der Waals surface area contributed by atoms with Gasteiger partial charge < -0.3 is 10.1 Å². The molecule has 0 saturated heterocycles. The molecule has 1 N–H and O–H groups in total. The highest BCUT2D eigenvalue weighted by Crippen LogP contribution is 2.42. The largest absolute Gasteiger partial charge is 0.496 e. The van der Waals surface area contributed by atoms with E-state index in [1.54, 1.807) is 7.11 Å². The number of methoxy groups -OCH3 is 1. The number of rotatable bonds is 3. The molecule has 2 unspecified atom stereocenters. The van der Waals surface area contributed by atoms with Crippen molar-refractivity contribution < 1.29 is 4.74 Å². The molecule has 106 valence electrons. The molecule has 1 aromatic rings. The Labute approximate surface area is 117 Å². The molecule has 2 nitrogen and oxygen atoms in total. The smallest absolute Gasteiger partial charge is 0.126 e. The Morgan fingerprint density at radius 1 is 1.21 bits per heavy atom. The molecule has 1 aromatic carbocycles. The molecule has 1 saturated carbocycles. The maximum Gasteiger partial charge on any atom is 0.126 e. The Hall–Kier alpha value is -1.18. The second-order valence-electron chi connectivity index (χ2n) is 6.89. The third-order valence-electron chi connectivity index (χ3n) is 4.48. The normalized spacial score (nSPS) is 25.4. The molecule has 19 heavy (non-hydrogen) atoms. The third-order valence-corrected chi connectivity index (χ3v) is 4.48. The van der Waals surface area contributed by atoms with E-state index >= 15 is 0 Å². The first kappa shape index (κ1) is 14.2. The summed E-state index contributed by atoms with van der Waals surface area (Å²) in [5, 5.41) is 3.74. The van der Waals surface area contributed by atoms with Crippen LogP contribution in [0.4, 0.5) is 5.69 Å². The number of nitrogens with one attached hydrogen (secondary N) is 1. The average molecular weight is 261 g/mol. The van der Waals surface area contributed by atoms with Gasteiger partial charge in [-0.25, -0.2) is 0 Å². The molecule has 2 atom stereocenters. The fraction of sp³-hybridized carbons (Fsp3) is 0.647. The molecule has 2 heteroatoms. The van der Waals surface area contributed by atoms with Crippen molar-refractivity contribution in [1.82, 2.24) is 0 Å². The molecule has 1 fully saturated rings. The first-order valence-corrected chi connectivity index (χ1v) is 7.25. The summed E-state index contributed by atoms with van der Waals surface area (Å²) < 4.78 is 5.51. The average Bonchev–Trinajstić information content (AvgIpc) is 2.56. The van der Waals surface area contributed by atoms with Gasteiger partial charge in [0.05, 0.1) is 7.11 Å². The minimum Gasteiger partial charge on any atom is -0.496 e. The van der Waals surface area contributed by atoms with Gasteiger partial charge in [0, 0.05) is 17.3 Å². The van der Waals surface area contributed by atoms with Crippen molar-refractivity contribution in [2.45, 2.75) is 53.5 Å². The highest BCUT2D eigenvalue weighted by Gasteiger charge is 2.36. The fourth-order valence-corrected chi connectivity index (χ4v) is 3.58. The molecule has 2 rings (SSSR count). The van der Waals surface area contributed by atoms with Crippen LogP contribution >= 0.6 is 0 Å². The van der Waals surface area contributed by atoms with Crippen molar-refractivity contribution >= 4 is 5.69 Å². The molecule has 0 amide bonds. The molecule has 1 aliphatic carbocycles. The predicted octanol–water partition coefficient (Wildman–Crippen LogP) is 4.55. The van der Waals surface area contributed by atoms with Crippen molar-refractivity contribution in [2.24, 2.45) is 11.3 Å². The van der Waals surface area contributed by atoms with Crippen LogP contribution in [0, 0.1) is 25.2 Å². The molecule has 0 spiro atoms. The van der Waals surface area contributed by atoms with Crippen LogP contribution in [0.2, 0.25) is 0 Å². The third kappa shape index (κ3) is 2.88. The maximum atomic E-state index is 5.51. The van der Waals surface area contributed by atoms with E-state index in [9.17, 15) is 0 Å². The zero-order chi connectivity index (χ0) is 14.2. The van der Waals surface area contributed by atoms with E-state index < -0.39 is 0 Å². The Morgan fingerprint density at radius 3 is 2.42 bits per heavy atom. The number of benzene rings is 1. The Bertz CT molecular complexity index is 465. The van der Waals surface area contributed by atoms with Crippen molar-refractivity contribution in [2.75, 3.05) is 12.4 Å². The van der Waals surface area contributed by atoms with Crippen LogP contribution in [0.25, 0.3) is 0 Å². The van der Waals surface area contributed by atoms with Gasteiger partial charge in [0.25, 0.3) is 0 Å². The number of aryl methyl sites for hydroxylation is 1. The van der Waals surface area contributed by atoms with E-state index in [4.69, 9.17) is 4.74 Å². The van der Waals surface area contributed by atoms with Crippen LogP contribution in [0.3, 0.4) is 0 Å². The van der Waals surface area contributed by atoms with Crippen LogP contribution in [-0.4, -0.2) is 13.2 Å². The van der Waals surface area contributed by atoms with E-state index in [-0.39, 0.29) is 0 Å². The quantitative estimate of drug-likeness (QED) is 0.862. The zero-order valence-corrected chi connectivity index (χ0v) is 13.1. The lowest BCUT2D eigenvalue weighted by Gasteiger charge is -2.22. The summed E-state index contributed by atoms with van der Waals surface area (Å²) in [5.74, 6) is 1.73. The summed E-state index contributed by atoms with van der Waals surface area (Å²) in [6.07, 6.45) is 2.54. The number of hydrogen-bond acceptors (Lipinski definition) is 2. The highest BCUT2D eigenvalue weighted by molar-refractivity contribution is 5.60. The number of ether oxygens (including phenoxy) is 1. The molecule has 0 radical (unpaired) electrons. The molecule has 0 heterocycles. The zero-order valence-electron chi connectivity index (χ0n) is 13.1. The van der Waals surface area contributed by atoms with Crippen LogP contribution in [0.15, 0.2) is 12.1 Å². The minimum absolute atomic E-state index is 0.458. The Morgan fingerprint density at radius 2 is 1.89 bits per heavy atom. The summed E-state index contributed by atoms with van der Waals surface area (Å²) in [4.78, 5) is 0. The number of anilines is 1. The van der Waals surface area contributed by atoms with E-state index in [1.807, 2.05) is 0 Å². The number of hydrogen-bond donors (Lipinski definition) is 1. The lowest BCUT2D eigenvalue weighted by Crippen LogP contribution is -2.23. The first-order valence-electron chi connectivity index (χ1n) is 7.25. The summed E-state index contributed by atoms with van der Waals surface area (Å²) in [6.45, 7) is 11.3. The highest BCUT2D eigenvalue weighted by atomic mass is 16.5. The minimum atomic E-state index is 0.458. The summed E-state index contributed by atoms with van der Waals surface area (Å²) in [5.41, 5.74) is 4.10. The van der Waals surface area contributed by atoms with Gasteiger partial charge in [0.15, 0.2) is 0 Å². The van der Waals surface area contributed by atoms with E-state index in [0.29, 0.717) is 11.5 Å². The van der Waals surface area contributed by atoms with Crippen molar-refractivity contribution in [3.63, 3.8) is 0 Å². The Kier molecular flexibility index (Phi) is 3.80. The van der Waals surface area contributed by atoms with Gasteiger partial charge in [-0.05, 0) is 49.7 Å². The van der Waals surface area contributed by atoms with Gasteiger partial charge in [-0.1, -0.05) is 26.8 Å². The van der Waals surface area contributed by atoms with Gasteiger partial charge in [0.1, 0.15) is 5.75 Å². The van der Waals surface area contributed by atoms with Crippen LogP contribution < -0.4 is 10.1 Å². The summed E-state index contributed by atoms with van der Waals surface area (Å²) >= 11 is 0. The first-order chi connectivity index (χ1) is 8.84. The summed E-state index contributed by atoms with van der Waals surface area (Å²) in [7, 11) is 1.75. The van der Waals surface area contributed by atoms with Gasteiger partial charge in [-0.15, -0.1) is 0 Å². The van der Waals surface area contributed by atoms with Crippen LogP contribution in [0.5, 0.6) is 5.75 Å². The SMILES string of the molecule is COc1c(C)ccc(NC2CC(C)(C)CC2C)c1C. The van der Waals surface area contributed by atoms with Gasteiger partial charge in [0.2, 0.25) is 0 Å². The second kappa shape index (κ2) is 5.07. The van der Waals surface area contributed by atoms with E-state index in [0.717, 1.165) is 11.7 Å². The van der Waals surface area contributed by atoms with E-state index in [1.165, 1.54) is 29.7 Å². The summed E-state index contributed by atoms with van der Waals surface area (Å²) in [6, 6.07) is 4.89. The van der Waals surface area contributed by atoms with Crippen LogP contribution in [0.1, 0.15) is 44.7 Å². The Balaban J connectivity index is 2.21. The maximum absolute atomic E-state index is 5.51. The molecule has 0 aliphatic heterocycles. The van der Waals surface area contributed by atoms with Crippen molar-refractivity contribution in [3.05, 3.63) is 23.3 Å². The topological polar surface area (TPSA) is 21.3 Å². The second-order valence-corrected chi connectivity index (χ2v) is 6.89. The van der Waals surface area contributed by atoms with E-state index in [2.05, 4.69) is 52.1 Å². The van der Waals surface area contributed by atoms with Crippen LogP contribution in [-0.2, 0) is 0 Å². The predicted molar refractivity (Wildman–Crippen MR) is 82.1 cm³/mol. The van der Waals surface area contributed by atoms with Crippen molar-refractivity contribution in [1.29, 1.82) is 0 Å². The molecule has 1 aliphatic rings. The fourth-order valence-electron chi connectivity index (χ4n) is 3.58. The molecule has 0 bridgehead atoms. The standard InChI is InChI=1S/C17H27NO/c1-11-7-8-14(13(3)16(11)19-6)18-15-10-17(4,5)9-12(15)2/h7-8,12,15,18H,9-10H2,1-6H3. The molecular formula is C17H27NO. The van der Waals surface area contributed by atoms with Gasteiger partial charge in [-0.3, -0.25) is 0 Å². The van der Waals surface area contributed by atoms with Gasteiger partial charge >= 0.3 is 0 Å². The lowest BCUT2D eigenvalue weighted by molar-refractivity contribution is 0.366. The van der Waals surface area contributed by atoms with Gasteiger partial charge in [-0.2, -0.15) is 0 Å². The monoisotopic (exact) mass is 261 g/mol.